The number of aliphatic hydroxyl groups excluding tert-OH is 4. The predicted octanol–water partition coefficient (Wildman–Crippen LogP) is -0.988. The lowest BCUT2D eigenvalue weighted by Crippen LogP contribution is -2.60. The van der Waals surface area contributed by atoms with E-state index in [-0.39, 0.29) is 0 Å². The Morgan fingerprint density at radius 2 is 1.81 bits per heavy atom. The van der Waals surface area contributed by atoms with E-state index in [0.29, 0.717) is 12.4 Å². The van der Waals surface area contributed by atoms with E-state index in [9.17, 15) is 15.3 Å². The monoisotopic (exact) mass is 300 g/mol. The molecule has 5 unspecified atom stereocenters. The molecular formula is C14H20O7. The Morgan fingerprint density at radius 3 is 2.48 bits per heavy atom. The molecule has 0 radical (unpaired) electrons. The van der Waals surface area contributed by atoms with Crippen molar-refractivity contribution in [3.63, 3.8) is 0 Å². The number of benzene rings is 1. The first kappa shape index (κ1) is 16.2. The van der Waals surface area contributed by atoms with Crippen LogP contribution in [0, 0.1) is 0 Å². The van der Waals surface area contributed by atoms with Crippen molar-refractivity contribution in [2.75, 3.05) is 13.7 Å². The van der Waals surface area contributed by atoms with Gasteiger partial charge in [-0.25, -0.2) is 0 Å². The van der Waals surface area contributed by atoms with Gasteiger partial charge in [-0.15, -0.1) is 0 Å². The van der Waals surface area contributed by atoms with E-state index in [4.69, 9.17) is 19.3 Å². The number of hydrogen-bond acceptors (Lipinski definition) is 7. The fourth-order valence-electron chi connectivity index (χ4n) is 2.18. The second-order valence-electron chi connectivity index (χ2n) is 4.86. The molecule has 0 bridgehead atoms. The zero-order valence-corrected chi connectivity index (χ0v) is 11.6. The van der Waals surface area contributed by atoms with E-state index in [2.05, 4.69) is 0 Å². The third-order valence-electron chi connectivity index (χ3n) is 3.36. The van der Waals surface area contributed by atoms with E-state index in [0.717, 1.165) is 5.56 Å². The summed E-state index contributed by atoms with van der Waals surface area (Å²) < 4.78 is 15.9. The summed E-state index contributed by atoms with van der Waals surface area (Å²) in [6, 6.07) is 7.03. The summed E-state index contributed by atoms with van der Waals surface area (Å²) >= 11 is 0. The molecule has 7 nitrogen and oxygen atoms in total. The van der Waals surface area contributed by atoms with Crippen molar-refractivity contribution in [1.29, 1.82) is 0 Å². The lowest BCUT2D eigenvalue weighted by Gasteiger charge is -2.39. The Morgan fingerprint density at radius 1 is 1.10 bits per heavy atom. The third-order valence-corrected chi connectivity index (χ3v) is 3.36. The van der Waals surface area contributed by atoms with E-state index in [1.54, 1.807) is 25.3 Å². The van der Waals surface area contributed by atoms with Crippen LogP contribution in [-0.2, 0) is 16.1 Å². The van der Waals surface area contributed by atoms with Gasteiger partial charge in [0.15, 0.2) is 0 Å². The van der Waals surface area contributed by atoms with Crippen molar-refractivity contribution >= 4 is 0 Å². The molecule has 1 fully saturated rings. The van der Waals surface area contributed by atoms with Gasteiger partial charge in [0.2, 0.25) is 6.29 Å². The zero-order valence-electron chi connectivity index (χ0n) is 11.6. The smallest absolute Gasteiger partial charge is 0.229 e. The molecule has 0 aliphatic carbocycles. The molecule has 1 aromatic carbocycles. The molecule has 21 heavy (non-hydrogen) atoms. The average Bonchev–Trinajstić information content (AvgIpc) is 2.50. The Bertz CT molecular complexity index is 451. The molecule has 0 aromatic heterocycles. The highest BCUT2D eigenvalue weighted by Crippen LogP contribution is 2.26. The number of methoxy groups -OCH3 is 1. The quantitative estimate of drug-likeness (QED) is 0.553. The van der Waals surface area contributed by atoms with Crippen LogP contribution in [0.4, 0.5) is 0 Å². The SMILES string of the molecule is COCc1ccccc1OC1OC(CO)C(O)C(O)C1O. The fourth-order valence-corrected chi connectivity index (χ4v) is 2.18. The summed E-state index contributed by atoms with van der Waals surface area (Å²) in [6.07, 6.45) is -6.49. The fraction of sp³-hybridized carbons (Fsp3) is 0.571. The van der Waals surface area contributed by atoms with Gasteiger partial charge < -0.3 is 34.6 Å². The van der Waals surface area contributed by atoms with Crippen LogP contribution in [0.2, 0.25) is 0 Å². The van der Waals surface area contributed by atoms with Gasteiger partial charge in [0.25, 0.3) is 0 Å². The van der Waals surface area contributed by atoms with E-state index < -0.39 is 37.3 Å². The van der Waals surface area contributed by atoms with Gasteiger partial charge in [-0.05, 0) is 6.07 Å². The Hall–Kier alpha value is -1.22. The largest absolute Gasteiger partial charge is 0.462 e. The minimum Gasteiger partial charge on any atom is -0.462 e. The number of para-hydroxylation sites is 1. The normalized spacial score (nSPS) is 32.9. The summed E-state index contributed by atoms with van der Waals surface area (Å²) in [6.45, 7) is -0.182. The van der Waals surface area contributed by atoms with Crippen LogP contribution >= 0.6 is 0 Å². The Kier molecular flexibility index (Phi) is 5.51. The zero-order chi connectivity index (χ0) is 15.4. The van der Waals surface area contributed by atoms with Crippen LogP contribution in [0.25, 0.3) is 0 Å². The molecule has 4 N–H and O–H groups in total. The molecule has 1 heterocycles. The van der Waals surface area contributed by atoms with E-state index in [1.165, 1.54) is 0 Å². The summed E-state index contributed by atoms with van der Waals surface area (Å²) in [5, 5.41) is 38.5. The van der Waals surface area contributed by atoms with Crippen molar-refractivity contribution in [2.45, 2.75) is 37.3 Å². The maximum Gasteiger partial charge on any atom is 0.229 e. The maximum atomic E-state index is 9.93. The van der Waals surface area contributed by atoms with Crippen LogP contribution in [-0.4, -0.2) is 64.8 Å². The highest BCUT2D eigenvalue weighted by molar-refractivity contribution is 5.33. The number of aliphatic hydroxyl groups is 4. The van der Waals surface area contributed by atoms with E-state index >= 15 is 0 Å². The van der Waals surface area contributed by atoms with Crippen molar-refractivity contribution in [1.82, 2.24) is 0 Å². The Labute approximate surface area is 122 Å². The van der Waals surface area contributed by atoms with Gasteiger partial charge in [-0.1, -0.05) is 18.2 Å². The van der Waals surface area contributed by atoms with Gasteiger partial charge >= 0.3 is 0 Å². The summed E-state index contributed by atoms with van der Waals surface area (Å²) in [5.74, 6) is 0.434. The second kappa shape index (κ2) is 7.17. The van der Waals surface area contributed by atoms with Gasteiger partial charge in [-0.2, -0.15) is 0 Å². The number of rotatable bonds is 5. The molecule has 0 spiro atoms. The molecule has 7 heteroatoms. The molecule has 1 aliphatic rings. The average molecular weight is 300 g/mol. The van der Waals surface area contributed by atoms with Crippen LogP contribution in [0.3, 0.4) is 0 Å². The third kappa shape index (κ3) is 3.52. The van der Waals surface area contributed by atoms with Crippen molar-refractivity contribution < 1.29 is 34.6 Å². The Balaban J connectivity index is 2.14. The molecule has 2 rings (SSSR count). The van der Waals surface area contributed by atoms with E-state index in [1.807, 2.05) is 6.07 Å². The van der Waals surface area contributed by atoms with Crippen LogP contribution in [0.5, 0.6) is 5.75 Å². The highest BCUT2D eigenvalue weighted by atomic mass is 16.7. The van der Waals surface area contributed by atoms with Crippen LogP contribution in [0.15, 0.2) is 24.3 Å². The molecule has 0 saturated carbocycles. The van der Waals surface area contributed by atoms with Crippen molar-refractivity contribution in [3.8, 4) is 5.75 Å². The molecular weight excluding hydrogens is 280 g/mol. The first-order chi connectivity index (χ1) is 10.1. The van der Waals surface area contributed by atoms with Crippen LogP contribution in [0.1, 0.15) is 5.56 Å². The number of ether oxygens (including phenoxy) is 3. The van der Waals surface area contributed by atoms with Gasteiger partial charge in [0.1, 0.15) is 30.2 Å². The molecule has 1 aliphatic heterocycles. The lowest BCUT2D eigenvalue weighted by atomic mass is 9.99. The highest BCUT2D eigenvalue weighted by Gasteiger charge is 2.44. The summed E-state index contributed by atoms with van der Waals surface area (Å²) in [5.41, 5.74) is 0.747. The maximum absolute atomic E-state index is 9.93. The topological polar surface area (TPSA) is 109 Å². The minimum atomic E-state index is -1.46. The predicted molar refractivity (Wildman–Crippen MR) is 71.6 cm³/mol. The minimum absolute atomic E-state index is 0.313. The lowest BCUT2D eigenvalue weighted by molar-refractivity contribution is -0.277. The molecule has 0 amide bonds. The van der Waals surface area contributed by atoms with Gasteiger partial charge in [0.05, 0.1) is 13.2 Å². The summed E-state index contributed by atoms with van der Waals surface area (Å²) in [4.78, 5) is 0. The van der Waals surface area contributed by atoms with Crippen molar-refractivity contribution in [3.05, 3.63) is 29.8 Å². The van der Waals surface area contributed by atoms with Gasteiger partial charge in [0, 0.05) is 12.7 Å². The van der Waals surface area contributed by atoms with Gasteiger partial charge in [-0.3, -0.25) is 0 Å². The standard InChI is InChI=1S/C14H20O7/c1-19-7-8-4-2-3-5-9(8)20-14-13(18)12(17)11(16)10(6-15)21-14/h2-5,10-18H,6-7H2,1H3. The first-order valence-electron chi connectivity index (χ1n) is 6.62. The molecule has 118 valence electrons. The molecule has 1 aromatic rings. The molecule has 5 atom stereocenters. The summed E-state index contributed by atoms with van der Waals surface area (Å²) in [7, 11) is 1.55. The van der Waals surface area contributed by atoms with Crippen molar-refractivity contribution in [2.24, 2.45) is 0 Å². The second-order valence-corrected chi connectivity index (χ2v) is 4.86. The van der Waals surface area contributed by atoms with Crippen LogP contribution < -0.4 is 4.74 Å². The molecule has 1 saturated heterocycles. The first-order valence-corrected chi connectivity index (χ1v) is 6.62. The number of hydrogen-bond donors (Lipinski definition) is 4.